The fourth-order valence-electron chi connectivity index (χ4n) is 2.41. The van der Waals surface area contributed by atoms with E-state index in [-0.39, 0.29) is 23.4 Å². The predicted molar refractivity (Wildman–Crippen MR) is 73.3 cm³/mol. The van der Waals surface area contributed by atoms with Gasteiger partial charge in [-0.25, -0.2) is 15.8 Å². The van der Waals surface area contributed by atoms with Gasteiger partial charge in [0, 0.05) is 20.2 Å². The summed E-state index contributed by atoms with van der Waals surface area (Å²) in [6.45, 7) is 3.34. The van der Waals surface area contributed by atoms with Crippen molar-refractivity contribution in [3.8, 4) is 0 Å². The second kappa shape index (κ2) is 5.97. The normalized spacial score (nSPS) is 22.6. The van der Waals surface area contributed by atoms with Crippen molar-refractivity contribution in [2.45, 2.75) is 19.4 Å². The zero-order chi connectivity index (χ0) is 14.7. The second-order valence-corrected chi connectivity index (χ2v) is 4.78. The molecule has 2 heterocycles. The van der Waals surface area contributed by atoms with E-state index < -0.39 is 4.92 Å². The summed E-state index contributed by atoms with van der Waals surface area (Å²) in [5.41, 5.74) is 2.03. The van der Waals surface area contributed by atoms with E-state index in [2.05, 4.69) is 22.3 Å². The summed E-state index contributed by atoms with van der Waals surface area (Å²) >= 11 is 0. The van der Waals surface area contributed by atoms with Crippen LogP contribution in [0.3, 0.4) is 0 Å². The summed E-state index contributed by atoms with van der Waals surface area (Å²) < 4.78 is 5.42. The Morgan fingerprint density at radius 2 is 2.35 bits per heavy atom. The summed E-state index contributed by atoms with van der Waals surface area (Å²) in [6, 6.07) is 0. The summed E-state index contributed by atoms with van der Waals surface area (Å²) in [5.74, 6) is 5.96. The third kappa shape index (κ3) is 2.63. The molecular weight excluding hydrogens is 264 g/mol. The Bertz CT molecular complexity index is 497. The first kappa shape index (κ1) is 14.4. The van der Waals surface area contributed by atoms with Gasteiger partial charge in [-0.2, -0.15) is 0 Å². The van der Waals surface area contributed by atoms with E-state index in [1.54, 1.807) is 7.11 Å². The number of hydrogen-bond acceptors (Lipinski definition) is 8. The molecule has 0 bridgehead atoms. The number of nitrogens with zero attached hydrogens (tertiary/aromatic N) is 4. The number of piperidine rings is 1. The minimum Gasteiger partial charge on any atom is -0.379 e. The zero-order valence-corrected chi connectivity index (χ0v) is 11.4. The maximum atomic E-state index is 11.2. The van der Waals surface area contributed by atoms with Crippen LogP contribution < -0.4 is 16.2 Å². The van der Waals surface area contributed by atoms with E-state index in [0.717, 1.165) is 6.42 Å². The van der Waals surface area contributed by atoms with Crippen LogP contribution in [-0.4, -0.2) is 41.2 Å². The van der Waals surface area contributed by atoms with Gasteiger partial charge in [-0.15, -0.1) is 0 Å². The van der Waals surface area contributed by atoms with Crippen LogP contribution in [-0.2, 0) is 4.74 Å². The summed E-state index contributed by atoms with van der Waals surface area (Å²) in [5, 5.41) is 11.2. The molecule has 1 aliphatic rings. The zero-order valence-electron chi connectivity index (χ0n) is 11.4. The van der Waals surface area contributed by atoms with Crippen LogP contribution in [0.15, 0.2) is 6.33 Å². The van der Waals surface area contributed by atoms with E-state index in [1.165, 1.54) is 6.33 Å². The molecule has 0 aromatic carbocycles. The van der Waals surface area contributed by atoms with Crippen LogP contribution in [0.5, 0.6) is 0 Å². The molecule has 1 aromatic rings. The Hall–Kier alpha value is -2.00. The number of hydrogen-bond donors (Lipinski definition) is 2. The smallest absolute Gasteiger partial charge is 0.354 e. The first-order valence-electron chi connectivity index (χ1n) is 6.32. The summed E-state index contributed by atoms with van der Waals surface area (Å²) in [6.07, 6.45) is 2.16. The molecule has 110 valence electrons. The minimum atomic E-state index is -0.523. The van der Waals surface area contributed by atoms with Gasteiger partial charge in [0.2, 0.25) is 11.6 Å². The van der Waals surface area contributed by atoms with Gasteiger partial charge < -0.3 is 15.1 Å². The molecule has 0 radical (unpaired) electrons. The topological polar surface area (TPSA) is 119 Å². The van der Waals surface area contributed by atoms with E-state index >= 15 is 0 Å². The number of hydrazine groups is 1. The van der Waals surface area contributed by atoms with Gasteiger partial charge in [0.05, 0.1) is 11.0 Å². The molecule has 0 saturated carbocycles. The molecule has 3 N–H and O–H groups in total. The largest absolute Gasteiger partial charge is 0.379 e. The highest BCUT2D eigenvalue weighted by molar-refractivity contribution is 5.70. The number of nitrogen functional groups attached to an aromatic ring is 1. The average Bonchev–Trinajstić information content (AvgIpc) is 2.46. The summed E-state index contributed by atoms with van der Waals surface area (Å²) in [4.78, 5) is 20.4. The van der Waals surface area contributed by atoms with E-state index in [4.69, 9.17) is 10.6 Å². The van der Waals surface area contributed by atoms with Gasteiger partial charge in [-0.1, -0.05) is 6.92 Å². The SMILES string of the molecule is COC1CN(c2ncnc(NN)c2[N+](=O)[O-])CCC1C. The highest BCUT2D eigenvalue weighted by Gasteiger charge is 2.32. The number of nitro groups is 1. The third-order valence-electron chi connectivity index (χ3n) is 3.61. The maximum Gasteiger partial charge on any atom is 0.354 e. The van der Waals surface area contributed by atoms with Crippen LogP contribution in [0.2, 0.25) is 0 Å². The first-order chi connectivity index (χ1) is 9.58. The van der Waals surface area contributed by atoms with Crippen LogP contribution in [0.1, 0.15) is 13.3 Å². The van der Waals surface area contributed by atoms with Crippen LogP contribution >= 0.6 is 0 Å². The molecule has 2 atom stereocenters. The van der Waals surface area contributed by atoms with Crippen LogP contribution in [0, 0.1) is 16.0 Å². The lowest BCUT2D eigenvalue weighted by Gasteiger charge is -2.36. The van der Waals surface area contributed by atoms with Crippen LogP contribution in [0.25, 0.3) is 0 Å². The van der Waals surface area contributed by atoms with Gasteiger partial charge >= 0.3 is 5.69 Å². The van der Waals surface area contributed by atoms with E-state index in [9.17, 15) is 10.1 Å². The fraction of sp³-hybridized carbons (Fsp3) is 0.636. The third-order valence-corrected chi connectivity index (χ3v) is 3.61. The number of methoxy groups -OCH3 is 1. The quantitative estimate of drug-likeness (QED) is 0.466. The van der Waals surface area contributed by atoms with Gasteiger partial charge in [0.25, 0.3) is 0 Å². The number of nitrogens with two attached hydrogens (primary N) is 1. The van der Waals surface area contributed by atoms with Gasteiger partial charge in [0.1, 0.15) is 6.33 Å². The molecule has 0 amide bonds. The molecular formula is C11H18N6O3. The van der Waals surface area contributed by atoms with Crippen LogP contribution in [0.4, 0.5) is 17.3 Å². The first-order valence-corrected chi connectivity index (χ1v) is 6.32. The molecule has 9 nitrogen and oxygen atoms in total. The Labute approximate surface area is 116 Å². The standard InChI is InChI=1S/C11H18N6O3/c1-7-3-4-16(5-8(7)20-2)11-9(17(18)19)10(15-12)13-6-14-11/h6-8H,3-5,12H2,1-2H3,(H,13,14,15). The van der Waals surface area contributed by atoms with Crippen molar-refractivity contribution in [1.82, 2.24) is 9.97 Å². The lowest BCUT2D eigenvalue weighted by molar-refractivity contribution is -0.383. The van der Waals surface area contributed by atoms with Gasteiger partial charge in [-0.3, -0.25) is 10.1 Å². The average molecular weight is 282 g/mol. The number of anilines is 2. The number of aromatic nitrogens is 2. The second-order valence-electron chi connectivity index (χ2n) is 4.78. The molecule has 1 fully saturated rings. The van der Waals surface area contributed by atoms with Crippen molar-refractivity contribution >= 4 is 17.3 Å². The lowest BCUT2D eigenvalue weighted by atomic mass is 9.96. The maximum absolute atomic E-state index is 11.2. The molecule has 0 aliphatic carbocycles. The number of ether oxygens (including phenoxy) is 1. The highest BCUT2D eigenvalue weighted by Crippen LogP contribution is 2.33. The van der Waals surface area contributed by atoms with Crippen molar-refractivity contribution in [2.24, 2.45) is 11.8 Å². The molecule has 2 rings (SSSR count). The molecule has 2 unspecified atom stereocenters. The molecule has 9 heteroatoms. The Balaban J connectivity index is 2.35. The Morgan fingerprint density at radius 3 is 2.95 bits per heavy atom. The van der Waals surface area contributed by atoms with Crippen molar-refractivity contribution < 1.29 is 9.66 Å². The van der Waals surface area contributed by atoms with Gasteiger partial charge in [0.15, 0.2) is 0 Å². The predicted octanol–water partition coefficient (Wildman–Crippen LogP) is 0.532. The van der Waals surface area contributed by atoms with Gasteiger partial charge in [-0.05, 0) is 12.3 Å². The molecule has 0 spiro atoms. The monoisotopic (exact) mass is 282 g/mol. The van der Waals surface area contributed by atoms with E-state index in [1.807, 2.05) is 4.90 Å². The van der Waals surface area contributed by atoms with Crippen molar-refractivity contribution in [2.75, 3.05) is 30.5 Å². The van der Waals surface area contributed by atoms with E-state index in [0.29, 0.717) is 19.0 Å². The van der Waals surface area contributed by atoms with Crippen molar-refractivity contribution in [1.29, 1.82) is 0 Å². The highest BCUT2D eigenvalue weighted by atomic mass is 16.6. The minimum absolute atomic E-state index is 0.00703. The molecule has 20 heavy (non-hydrogen) atoms. The Kier molecular flexibility index (Phi) is 4.30. The Morgan fingerprint density at radius 1 is 1.60 bits per heavy atom. The lowest BCUT2D eigenvalue weighted by Crippen LogP contribution is -2.44. The van der Waals surface area contributed by atoms with Crippen molar-refractivity contribution in [3.05, 3.63) is 16.4 Å². The summed E-state index contributed by atoms with van der Waals surface area (Å²) in [7, 11) is 1.64. The fourth-order valence-corrected chi connectivity index (χ4v) is 2.41. The molecule has 1 aromatic heterocycles. The number of nitrogens with one attached hydrogen (secondary N) is 1. The molecule has 1 saturated heterocycles. The molecule has 1 aliphatic heterocycles. The van der Waals surface area contributed by atoms with Crippen molar-refractivity contribution in [3.63, 3.8) is 0 Å². The number of rotatable bonds is 4.